The average Bonchev–Trinajstić information content (AvgIpc) is 3.38. The molecular weight excluding hydrogens is 484 g/mol. The highest BCUT2D eigenvalue weighted by atomic mass is 35.7. The molecule has 1 aliphatic rings. The van der Waals surface area contributed by atoms with Gasteiger partial charge in [0.2, 0.25) is 5.78 Å². The van der Waals surface area contributed by atoms with Crippen LogP contribution in [-0.4, -0.2) is 33.2 Å². The molecule has 35 heavy (non-hydrogen) atoms. The van der Waals surface area contributed by atoms with E-state index in [0.717, 1.165) is 59.0 Å². The second kappa shape index (κ2) is 11.9. The number of hydrogen-bond donors (Lipinski definition) is 3. The molecule has 1 fully saturated rings. The first-order valence-electron chi connectivity index (χ1n) is 11.7. The zero-order valence-electron chi connectivity index (χ0n) is 19.5. The summed E-state index contributed by atoms with van der Waals surface area (Å²) in [4.78, 5) is 12.7. The smallest absolute Gasteiger partial charge is 0.292 e. The topological polar surface area (TPSA) is 100 Å². The molecule has 0 aliphatic heterocycles. The largest absolute Gasteiger partial charge is 0.408 e. The van der Waals surface area contributed by atoms with Gasteiger partial charge in [-0.25, -0.2) is 0 Å². The summed E-state index contributed by atoms with van der Waals surface area (Å²) in [5, 5.41) is 25.1. The van der Waals surface area contributed by atoms with E-state index in [9.17, 15) is 9.90 Å². The van der Waals surface area contributed by atoms with Gasteiger partial charge in [0, 0.05) is 28.6 Å². The molecular formula is C26H29ClN4O3S. The molecule has 0 amide bonds. The number of aliphatic hydroxyl groups is 1. The van der Waals surface area contributed by atoms with E-state index in [4.69, 9.17) is 15.1 Å². The van der Waals surface area contributed by atoms with Gasteiger partial charge in [-0.05, 0) is 47.1 Å². The summed E-state index contributed by atoms with van der Waals surface area (Å²) in [6, 6.07) is 17.5. The number of aromatic nitrogens is 2. The Labute approximate surface area is 213 Å². The van der Waals surface area contributed by atoms with E-state index in [1.54, 1.807) is 6.92 Å². The Balaban J connectivity index is 1.38. The molecule has 7 nitrogen and oxygen atoms in total. The standard InChI is InChI=1S/C26H29ClN4O3S/c1-16(28-17(2)23(32)25-30-31-26(34-25)35-27)21-10-6-7-11-22(21)29-24(33)20-14-12-19(13-15-20)18-8-4-3-5-9-18/h3-5,8-9,12-15,17,21-22,24,28-29,33H,1,6-7,10-11H2,2H3/t17-,21-,22-,24?/m0/s1. The van der Waals surface area contributed by atoms with Gasteiger partial charge < -0.3 is 14.8 Å². The maximum absolute atomic E-state index is 12.7. The zero-order valence-corrected chi connectivity index (χ0v) is 21.1. The van der Waals surface area contributed by atoms with Crippen LogP contribution in [0.2, 0.25) is 0 Å². The summed E-state index contributed by atoms with van der Waals surface area (Å²) in [6.45, 7) is 5.95. The van der Waals surface area contributed by atoms with Gasteiger partial charge in [0.05, 0.1) is 6.04 Å². The fourth-order valence-electron chi connectivity index (χ4n) is 4.51. The second-order valence-electron chi connectivity index (χ2n) is 8.76. The van der Waals surface area contributed by atoms with E-state index in [2.05, 4.69) is 39.5 Å². The first-order valence-corrected chi connectivity index (χ1v) is 13.3. The number of rotatable bonds is 10. The molecule has 3 N–H and O–H groups in total. The van der Waals surface area contributed by atoms with Crippen molar-refractivity contribution >= 4 is 27.4 Å². The van der Waals surface area contributed by atoms with Crippen LogP contribution in [0.3, 0.4) is 0 Å². The number of carbonyl (C=O) groups excluding carboxylic acids is 1. The molecule has 0 radical (unpaired) electrons. The number of ketones is 1. The van der Waals surface area contributed by atoms with Crippen molar-refractivity contribution in [2.45, 2.75) is 56.1 Å². The van der Waals surface area contributed by atoms with Crippen LogP contribution in [0.25, 0.3) is 11.1 Å². The number of Topliss-reactive ketones (excluding diaryl/α,β-unsaturated/α-hetero) is 1. The highest BCUT2D eigenvalue weighted by Gasteiger charge is 2.31. The molecule has 0 bridgehead atoms. The fourth-order valence-corrected chi connectivity index (χ4v) is 4.88. The molecule has 4 rings (SSSR count). The van der Waals surface area contributed by atoms with Crippen molar-refractivity contribution < 1.29 is 14.3 Å². The van der Waals surface area contributed by atoms with Crippen molar-refractivity contribution in [3.63, 3.8) is 0 Å². The van der Waals surface area contributed by atoms with Crippen LogP contribution in [-0.2, 0) is 0 Å². The van der Waals surface area contributed by atoms with Crippen molar-refractivity contribution in [3.8, 4) is 11.1 Å². The van der Waals surface area contributed by atoms with Gasteiger partial charge >= 0.3 is 0 Å². The van der Waals surface area contributed by atoms with Gasteiger partial charge in [-0.15, -0.1) is 5.10 Å². The van der Waals surface area contributed by atoms with E-state index >= 15 is 0 Å². The van der Waals surface area contributed by atoms with Crippen molar-refractivity contribution in [1.29, 1.82) is 0 Å². The number of nitrogens with one attached hydrogen (secondary N) is 2. The number of benzene rings is 2. The van der Waals surface area contributed by atoms with Crippen molar-refractivity contribution in [2.75, 3.05) is 0 Å². The minimum Gasteiger partial charge on any atom is -0.408 e. The SMILES string of the molecule is C=C(N[C@@H](C)C(=O)c1nnc(SCl)o1)[C@@H]1CCCC[C@@H]1NC(O)c1ccc(-c2ccccc2)cc1. The summed E-state index contributed by atoms with van der Waals surface area (Å²) < 4.78 is 5.25. The predicted octanol–water partition coefficient (Wildman–Crippen LogP) is 5.50. The summed E-state index contributed by atoms with van der Waals surface area (Å²) in [5.74, 6) is -0.350. The zero-order chi connectivity index (χ0) is 24.8. The minimum absolute atomic E-state index is 0.0255. The molecule has 0 saturated heterocycles. The van der Waals surface area contributed by atoms with E-state index in [-0.39, 0.29) is 28.9 Å². The van der Waals surface area contributed by atoms with Gasteiger partial charge in [-0.2, -0.15) is 0 Å². The van der Waals surface area contributed by atoms with Crippen molar-refractivity contribution in [3.05, 3.63) is 78.3 Å². The Kier molecular flexibility index (Phi) is 8.62. The monoisotopic (exact) mass is 512 g/mol. The van der Waals surface area contributed by atoms with Gasteiger partial charge in [0.25, 0.3) is 11.1 Å². The third-order valence-electron chi connectivity index (χ3n) is 6.40. The quantitative estimate of drug-likeness (QED) is 0.242. The molecule has 2 aromatic carbocycles. The van der Waals surface area contributed by atoms with Crippen molar-refractivity contribution in [2.24, 2.45) is 5.92 Å². The number of aliphatic hydroxyl groups excluding tert-OH is 1. The summed E-state index contributed by atoms with van der Waals surface area (Å²) in [5.41, 5.74) is 3.80. The molecule has 1 unspecified atom stereocenters. The van der Waals surface area contributed by atoms with Crippen molar-refractivity contribution in [1.82, 2.24) is 20.8 Å². The van der Waals surface area contributed by atoms with Crippen LogP contribution in [0.1, 0.15) is 55.1 Å². The molecule has 3 aromatic rings. The van der Waals surface area contributed by atoms with E-state index < -0.39 is 12.3 Å². The molecule has 0 spiro atoms. The Morgan fingerprint density at radius 1 is 1.11 bits per heavy atom. The van der Waals surface area contributed by atoms with Crippen LogP contribution in [0.5, 0.6) is 0 Å². The molecule has 1 saturated carbocycles. The highest BCUT2D eigenvalue weighted by molar-refractivity contribution is 8.20. The first-order chi connectivity index (χ1) is 17.0. The molecule has 184 valence electrons. The molecule has 4 atom stereocenters. The molecule has 1 heterocycles. The Hall–Kier alpha value is -2.65. The molecule has 1 aromatic heterocycles. The lowest BCUT2D eigenvalue weighted by Crippen LogP contribution is -2.45. The molecule has 1 aliphatic carbocycles. The van der Waals surface area contributed by atoms with E-state index in [0.29, 0.717) is 0 Å². The fraction of sp³-hybridized carbons (Fsp3) is 0.346. The van der Waals surface area contributed by atoms with E-state index in [1.165, 1.54) is 0 Å². The van der Waals surface area contributed by atoms with Gasteiger partial charge in [-0.3, -0.25) is 10.1 Å². The van der Waals surface area contributed by atoms with Crippen LogP contribution >= 0.6 is 21.7 Å². The Morgan fingerprint density at radius 2 is 1.80 bits per heavy atom. The van der Waals surface area contributed by atoms with Crippen LogP contribution < -0.4 is 10.6 Å². The van der Waals surface area contributed by atoms with Crippen LogP contribution in [0.15, 0.2) is 76.5 Å². The summed E-state index contributed by atoms with van der Waals surface area (Å²) in [6.07, 6.45) is 3.15. The van der Waals surface area contributed by atoms with Gasteiger partial charge in [0.1, 0.15) is 6.23 Å². The maximum Gasteiger partial charge on any atom is 0.292 e. The first kappa shape index (κ1) is 25.4. The Bertz CT molecular complexity index is 1140. The lowest BCUT2D eigenvalue weighted by molar-refractivity contribution is 0.0899. The number of carbonyl (C=O) groups is 1. The normalized spacial score (nSPS) is 19.6. The molecule has 9 heteroatoms. The number of halogens is 1. The van der Waals surface area contributed by atoms with Gasteiger partial charge in [-0.1, -0.05) is 79.1 Å². The second-order valence-corrected chi connectivity index (χ2v) is 9.73. The maximum atomic E-state index is 12.7. The highest BCUT2D eigenvalue weighted by Crippen LogP contribution is 2.31. The number of nitrogens with zero attached hydrogens (tertiary/aromatic N) is 2. The number of hydrogen-bond acceptors (Lipinski definition) is 8. The van der Waals surface area contributed by atoms with Gasteiger partial charge in [0.15, 0.2) is 0 Å². The average molecular weight is 513 g/mol. The third kappa shape index (κ3) is 6.32. The van der Waals surface area contributed by atoms with Crippen LogP contribution in [0, 0.1) is 5.92 Å². The predicted molar refractivity (Wildman–Crippen MR) is 138 cm³/mol. The Morgan fingerprint density at radius 3 is 2.49 bits per heavy atom. The minimum atomic E-state index is -0.804. The van der Waals surface area contributed by atoms with E-state index in [1.807, 2.05) is 42.5 Å². The van der Waals surface area contributed by atoms with Crippen LogP contribution in [0.4, 0.5) is 0 Å². The summed E-state index contributed by atoms with van der Waals surface area (Å²) >= 11 is 0. The summed E-state index contributed by atoms with van der Waals surface area (Å²) in [7, 11) is 6.37. The lowest BCUT2D eigenvalue weighted by Gasteiger charge is -2.36. The third-order valence-corrected chi connectivity index (χ3v) is 7.09. The lowest BCUT2D eigenvalue weighted by atomic mass is 9.82.